The van der Waals surface area contributed by atoms with Crippen LogP contribution < -0.4 is 11.2 Å². The maximum absolute atomic E-state index is 13.8. The van der Waals surface area contributed by atoms with Gasteiger partial charge in [0.05, 0.1) is 6.10 Å². The standard InChI is InChI=1S/C9H10FIN2O4/c10-6-7(15)4(3-11)17-8(6)13-2-1-5(14)12-9(13)16/h1-2,4,6-8,15H,3H2,(H,12,14,16)/t4-,6?,7?,8-/m1/s1. The van der Waals surface area contributed by atoms with Crippen molar-refractivity contribution in [3.63, 3.8) is 0 Å². The summed E-state index contributed by atoms with van der Waals surface area (Å²) in [5.41, 5.74) is -1.32. The second kappa shape index (κ2) is 4.86. The van der Waals surface area contributed by atoms with Crippen LogP contribution in [0.4, 0.5) is 4.39 Å². The van der Waals surface area contributed by atoms with Crippen molar-refractivity contribution in [1.82, 2.24) is 9.55 Å². The number of alkyl halides is 2. The van der Waals surface area contributed by atoms with Gasteiger partial charge >= 0.3 is 5.69 Å². The number of aromatic nitrogens is 2. The van der Waals surface area contributed by atoms with E-state index in [-0.39, 0.29) is 0 Å². The monoisotopic (exact) mass is 356 g/mol. The first kappa shape index (κ1) is 12.7. The Bertz CT molecular complexity index is 516. The molecule has 1 aliphatic rings. The van der Waals surface area contributed by atoms with Crippen LogP contribution in [-0.2, 0) is 4.74 Å². The number of aliphatic hydroxyl groups is 1. The highest BCUT2D eigenvalue weighted by atomic mass is 127. The highest BCUT2D eigenvalue weighted by Crippen LogP contribution is 2.31. The first-order valence-corrected chi connectivity index (χ1v) is 6.42. The van der Waals surface area contributed by atoms with Crippen molar-refractivity contribution in [2.45, 2.75) is 24.6 Å². The molecule has 8 heteroatoms. The first-order valence-electron chi connectivity index (χ1n) is 4.89. The lowest BCUT2D eigenvalue weighted by molar-refractivity contribution is -0.0153. The molecule has 0 spiro atoms. The molecule has 6 nitrogen and oxygen atoms in total. The van der Waals surface area contributed by atoms with Crippen LogP contribution >= 0.6 is 22.6 Å². The van der Waals surface area contributed by atoms with Gasteiger partial charge in [0, 0.05) is 16.7 Å². The fourth-order valence-corrected chi connectivity index (χ4v) is 2.41. The fourth-order valence-electron chi connectivity index (χ4n) is 1.68. The number of nitrogens with one attached hydrogen (secondary N) is 1. The van der Waals surface area contributed by atoms with E-state index in [0.717, 1.165) is 16.8 Å². The molecule has 0 aliphatic carbocycles. The van der Waals surface area contributed by atoms with E-state index in [1.807, 2.05) is 27.6 Å². The molecule has 0 bridgehead atoms. The number of H-pyrrole nitrogens is 1. The summed E-state index contributed by atoms with van der Waals surface area (Å²) in [4.78, 5) is 24.3. The Morgan fingerprint density at radius 1 is 1.59 bits per heavy atom. The minimum Gasteiger partial charge on any atom is -0.387 e. The molecule has 1 fully saturated rings. The third-order valence-electron chi connectivity index (χ3n) is 2.57. The number of ether oxygens (including phenoxy) is 1. The van der Waals surface area contributed by atoms with Crippen molar-refractivity contribution in [3.05, 3.63) is 33.1 Å². The van der Waals surface area contributed by atoms with Crippen LogP contribution in [0.25, 0.3) is 0 Å². The fraction of sp³-hybridized carbons (Fsp3) is 0.556. The normalized spacial score (nSPS) is 32.9. The van der Waals surface area contributed by atoms with E-state index >= 15 is 0 Å². The second-order valence-corrected chi connectivity index (χ2v) is 4.55. The van der Waals surface area contributed by atoms with Gasteiger partial charge in [-0.3, -0.25) is 14.3 Å². The molecule has 94 valence electrons. The minimum atomic E-state index is -1.70. The summed E-state index contributed by atoms with van der Waals surface area (Å²) >= 11 is 1.96. The summed E-state index contributed by atoms with van der Waals surface area (Å²) in [6.07, 6.45) is -3.67. The summed E-state index contributed by atoms with van der Waals surface area (Å²) in [7, 11) is 0. The zero-order valence-electron chi connectivity index (χ0n) is 8.55. The van der Waals surface area contributed by atoms with Crippen LogP contribution in [0.15, 0.2) is 21.9 Å². The van der Waals surface area contributed by atoms with Crippen molar-refractivity contribution in [2.24, 2.45) is 0 Å². The van der Waals surface area contributed by atoms with Crippen LogP contribution in [0.5, 0.6) is 0 Å². The molecule has 2 rings (SSSR count). The second-order valence-electron chi connectivity index (χ2n) is 3.67. The van der Waals surface area contributed by atoms with Gasteiger partial charge in [-0.05, 0) is 0 Å². The smallest absolute Gasteiger partial charge is 0.330 e. The lowest BCUT2D eigenvalue weighted by Gasteiger charge is -2.15. The van der Waals surface area contributed by atoms with Gasteiger partial charge in [-0.15, -0.1) is 0 Å². The number of rotatable bonds is 2. The molecular formula is C9H10FIN2O4. The molecule has 0 radical (unpaired) electrons. The van der Waals surface area contributed by atoms with Gasteiger partial charge in [0.1, 0.15) is 6.10 Å². The molecule has 0 saturated carbocycles. The van der Waals surface area contributed by atoms with Gasteiger partial charge in [0.25, 0.3) is 5.56 Å². The Balaban J connectivity index is 2.35. The summed E-state index contributed by atoms with van der Waals surface area (Å²) in [5.74, 6) is 0. The van der Waals surface area contributed by atoms with Crippen LogP contribution in [0.3, 0.4) is 0 Å². The molecule has 2 N–H and O–H groups in total. The first-order chi connectivity index (χ1) is 8.04. The SMILES string of the molecule is O=c1ccn([C@@H]2O[C@H](CI)C(O)C2F)c(=O)[nH]1. The number of halogens is 2. The van der Waals surface area contributed by atoms with E-state index in [9.17, 15) is 19.1 Å². The van der Waals surface area contributed by atoms with Gasteiger partial charge in [0.2, 0.25) is 0 Å². The maximum atomic E-state index is 13.8. The van der Waals surface area contributed by atoms with Gasteiger partial charge in [0.15, 0.2) is 12.4 Å². The predicted octanol–water partition coefficient (Wildman–Crippen LogP) is -0.432. The third-order valence-corrected chi connectivity index (χ3v) is 3.44. The highest BCUT2D eigenvalue weighted by Gasteiger charge is 2.44. The molecule has 1 aromatic rings. The average Bonchev–Trinajstić information content (AvgIpc) is 2.57. The van der Waals surface area contributed by atoms with Crippen molar-refractivity contribution >= 4 is 22.6 Å². The van der Waals surface area contributed by atoms with E-state index < -0.39 is 35.9 Å². The molecule has 2 unspecified atom stereocenters. The Morgan fingerprint density at radius 3 is 2.82 bits per heavy atom. The van der Waals surface area contributed by atoms with E-state index in [0.29, 0.717) is 4.43 Å². The molecule has 0 amide bonds. The number of hydrogen-bond donors (Lipinski definition) is 2. The Hall–Kier alpha value is -0.740. The van der Waals surface area contributed by atoms with Crippen molar-refractivity contribution in [3.8, 4) is 0 Å². The zero-order valence-corrected chi connectivity index (χ0v) is 10.7. The molecule has 1 aliphatic heterocycles. The summed E-state index contributed by atoms with van der Waals surface area (Å²) in [6.45, 7) is 0. The molecule has 4 atom stereocenters. The molecule has 17 heavy (non-hydrogen) atoms. The zero-order chi connectivity index (χ0) is 12.6. The molecule has 1 aromatic heterocycles. The lowest BCUT2D eigenvalue weighted by Crippen LogP contribution is -2.35. The van der Waals surface area contributed by atoms with Gasteiger partial charge in [-0.1, -0.05) is 22.6 Å². The van der Waals surface area contributed by atoms with E-state index in [1.54, 1.807) is 0 Å². The van der Waals surface area contributed by atoms with E-state index in [1.165, 1.54) is 0 Å². The van der Waals surface area contributed by atoms with E-state index in [4.69, 9.17) is 4.74 Å². The lowest BCUT2D eigenvalue weighted by atomic mass is 10.2. The molecule has 1 saturated heterocycles. The number of nitrogens with zero attached hydrogens (tertiary/aromatic N) is 1. The van der Waals surface area contributed by atoms with Crippen LogP contribution in [-0.4, -0.2) is 37.5 Å². The third kappa shape index (κ3) is 2.29. The molecular weight excluding hydrogens is 346 g/mol. The predicted molar refractivity (Wildman–Crippen MR) is 65.0 cm³/mol. The minimum absolute atomic E-state index is 0.411. The van der Waals surface area contributed by atoms with Gasteiger partial charge in [-0.2, -0.15) is 0 Å². The summed E-state index contributed by atoms with van der Waals surface area (Å²) < 4.78 is 20.3. The van der Waals surface area contributed by atoms with Crippen LogP contribution in [0, 0.1) is 0 Å². The number of hydrogen-bond acceptors (Lipinski definition) is 4. The van der Waals surface area contributed by atoms with Gasteiger partial charge < -0.3 is 9.84 Å². The molecule has 0 aromatic carbocycles. The maximum Gasteiger partial charge on any atom is 0.330 e. The van der Waals surface area contributed by atoms with Crippen molar-refractivity contribution in [2.75, 3.05) is 4.43 Å². The highest BCUT2D eigenvalue weighted by molar-refractivity contribution is 14.1. The number of aliphatic hydroxyl groups excluding tert-OH is 1. The Labute approximate surface area is 109 Å². The van der Waals surface area contributed by atoms with Crippen LogP contribution in [0.2, 0.25) is 0 Å². The number of aromatic amines is 1. The van der Waals surface area contributed by atoms with Crippen molar-refractivity contribution < 1.29 is 14.2 Å². The van der Waals surface area contributed by atoms with Crippen molar-refractivity contribution in [1.29, 1.82) is 0 Å². The van der Waals surface area contributed by atoms with Gasteiger partial charge in [-0.25, -0.2) is 9.18 Å². The molecule has 2 heterocycles. The quantitative estimate of drug-likeness (QED) is 0.556. The average molecular weight is 356 g/mol. The largest absolute Gasteiger partial charge is 0.387 e. The summed E-state index contributed by atoms with van der Waals surface area (Å²) in [5, 5.41) is 9.54. The van der Waals surface area contributed by atoms with E-state index in [2.05, 4.69) is 0 Å². The Kier molecular flexibility index (Phi) is 3.64. The Morgan fingerprint density at radius 2 is 2.29 bits per heavy atom. The summed E-state index contributed by atoms with van der Waals surface area (Å²) in [6, 6.07) is 1.10. The van der Waals surface area contributed by atoms with Crippen LogP contribution in [0.1, 0.15) is 6.23 Å². The topological polar surface area (TPSA) is 84.3 Å².